The van der Waals surface area contributed by atoms with Gasteiger partial charge in [0.15, 0.2) is 0 Å². The highest BCUT2D eigenvalue weighted by Gasteiger charge is 2.29. The molecule has 0 saturated heterocycles. The molecule has 0 aromatic rings. The Bertz CT molecular complexity index is 216. The van der Waals surface area contributed by atoms with Crippen LogP contribution in [0.1, 0.15) is 39.0 Å². The van der Waals surface area contributed by atoms with Crippen molar-refractivity contribution in [3.8, 4) is 0 Å². The van der Waals surface area contributed by atoms with Gasteiger partial charge in [0, 0.05) is 6.04 Å². The maximum atomic E-state index is 10.8. The number of hydrogen-bond donors (Lipinski definition) is 1. The number of aliphatic carboxylic acids is 1. The van der Waals surface area contributed by atoms with Crippen LogP contribution in [0, 0.1) is 11.8 Å². The van der Waals surface area contributed by atoms with E-state index >= 15 is 0 Å². The monoisotopic (exact) mass is 213 g/mol. The number of hydrogen-bond acceptors (Lipinski definition) is 2. The Morgan fingerprint density at radius 1 is 1.47 bits per heavy atom. The molecule has 0 spiro atoms. The molecule has 1 aliphatic rings. The second-order valence-corrected chi connectivity index (χ2v) is 5.16. The highest BCUT2D eigenvalue weighted by molar-refractivity contribution is 5.67. The highest BCUT2D eigenvalue weighted by Crippen LogP contribution is 2.33. The Labute approximate surface area is 92.5 Å². The van der Waals surface area contributed by atoms with Crippen LogP contribution in [0.5, 0.6) is 0 Å². The van der Waals surface area contributed by atoms with Gasteiger partial charge in [-0.2, -0.15) is 0 Å². The molecule has 88 valence electrons. The van der Waals surface area contributed by atoms with Gasteiger partial charge in [-0.15, -0.1) is 0 Å². The van der Waals surface area contributed by atoms with Crippen LogP contribution in [0.3, 0.4) is 0 Å². The van der Waals surface area contributed by atoms with Crippen molar-refractivity contribution in [2.45, 2.75) is 45.1 Å². The smallest absolute Gasteiger partial charge is 0.304 e. The van der Waals surface area contributed by atoms with Crippen molar-refractivity contribution in [1.82, 2.24) is 4.90 Å². The third kappa shape index (κ3) is 3.82. The van der Waals surface area contributed by atoms with Gasteiger partial charge in [0.25, 0.3) is 0 Å². The van der Waals surface area contributed by atoms with E-state index < -0.39 is 5.97 Å². The van der Waals surface area contributed by atoms with Crippen LogP contribution in [0.25, 0.3) is 0 Å². The van der Waals surface area contributed by atoms with Crippen molar-refractivity contribution in [2.75, 3.05) is 14.1 Å². The molecule has 0 heterocycles. The molecular formula is C12H23NO2. The Balaban J connectivity index is 2.57. The summed E-state index contributed by atoms with van der Waals surface area (Å²) in [5.74, 6) is 0.659. The molecule has 3 unspecified atom stereocenters. The summed E-state index contributed by atoms with van der Waals surface area (Å²) in [7, 11) is 3.99. The first kappa shape index (κ1) is 12.5. The van der Waals surface area contributed by atoms with Gasteiger partial charge in [-0.05, 0) is 38.8 Å². The minimum absolute atomic E-state index is 0.213. The molecule has 15 heavy (non-hydrogen) atoms. The third-order valence-electron chi connectivity index (χ3n) is 3.57. The number of rotatable bonds is 4. The number of carboxylic acid groups (broad SMARTS) is 1. The largest absolute Gasteiger partial charge is 0.481 e. The van der Waals surface area contributed by atoms with Crippen molar-refractivity contribution in [3.63, 3.8) is 0 Å². The molecule has 0 aromatic heterocycles. The lowest BCUT2D eigenvalue weighted by molar-refractivity contribution is -0.138. The van der Waals surface area contributed by atoms with Gasteiger partial charge >= 0.3 is 5.97 Å². The Hall–Kier alpha value is -0.570. The van der Waals surface area contributed by atoms with Crippen LogP contribution in [-0.2, 0) is 4.79 Å². The van der Waals surface area contributed by atoms with Crippen molar-refractivity contribution in [2.24, 2.45) is 11.8 Å². The zero-order valence-electron chi connectivity index (χ0n) is 10.1. The lowest BCUT2D eigenvalue weighted by Gasteiger charge is -2.36. The van der Waals surface area contributed by atoms with E-state index in [-0.39, 0.29) is 12.5 Å². The summed E-state index contributed by atoms with van der Waals surface area (Å²) in [5.41, 5.74) is 0. The molecule has 1 rings (SSSR count). The van der Waals surface area contributed by atoms with Gasteiger partial charge in [-0.3, -0.25) is 4.79 Å². The topological polar surface area (TPSA) is 40.5 Å². The molecule has 1 N–H and O–H groups in total. The van der Waals surface area contributed by atoms with Crippen LogP contribution < -0.4 is 0 Å². The van der Waals surface area contributed by atoms with E-state index in [1.165, 1.54) is 25.7 Å². The van der Waals surface area contributed by atoms with Crippen LogP contribution in [0.2, 0.25) is 0 Å². The fourth-order valence-corrected chi connectivity index (χ4v) is 2.78. The molecule has 0 aliphatic heterocycles. The summed E-state index contributed by atoms with van der Waals surface area (Å²) in [6, 6.07) is 0.213. The SMILES string of the molecule is CC1CCCC(C(CC(=O)O)N(C)C)C1. The highest BCUT2D eigenvalue weighted by atomic mass is 16.4. The minimum Gasteiger partial charge on any atom is -0.481 e. The molecule has 0 amide bonds. The van der Waals surface area contributed by atoms with Crippen molar-refractivity contribution in [3.05, 3.63) is 0 Å². The quantitative estimate of drug-likeness (QED) is 0.778. The number of carbonyl (C=O) groups is 1. The van der Waals surface area contributed by atoms with Gasteiger partial charge in [0.1, 0.15) is 0 Å². The number of carboxylic acids is 1. The predicted molar refractivity (Wildman–Crippen MR) is 60.8 cm³/mol. The predicted octanol–water partition coefficient (Wildman–Crippen LogP) is 2.22. The first-order valence-corrected chi connectivity index (χ1v) is 5.89. The lowest BCUT2D eigenvalue weighted by atomic mass is 9.77. The van der Waals surface area contributed by atoms with E-state index in [4.69, 9.17) is 5.11 Å². The summed E-state index contributed by atoms with van der Waals surface area (Å²) in [4.78, 5) is 12.9. The number of nitrogens with zero attached hydrogens (tertiary/aromatic N) is 1. The fraction of sp³-hybridized carbons (Fsp3) is 0.917. The average molecular weight is 213 g/mol. The Morgan fingerprint density at radius 3 is 2.60 bits per heavy atom. The van der Waals surface area contributed by atoms with E-state index in [9.17, 15) is 4.79 Å². The normalized spacial score (nSPS) is 29.1. The average Bonchev–Trinajstić information content (AvgIpc) is 2.13. The van der Waals surface area contributed by atoms with Gasteiger partial charge < -0.3 is 10.0 Å². The molecule has 1 saturated carbocycles. The summed E-state index contributed by atoms with van der Waals surface area (Å²) < 4.78 is 0. The molecule has 3 nitrogen and oxygen atoms in total. The van der Waals surface area contributed by atoms with Gasteiger partial charge in [-0.25, -0.2) is 0 Å². The van der Waals surface area contributed by atoms with Gasteiger partial charge in [-0.1, -0.05) is 19.8 Å². The molecule has 1 fully saturated rings. The molecule has 3 heteroatoms. The molecule has 3 atom stereocenters. The third-order valence-corrected chi connectivity index (χ3v) is 3.57. The zero-order chi connectivity index (χ0) is 11.4. The molecular weight excluding hydrogens is 190 g/mol. The van der Waals surface area contributed by atoms with Crippen LogP contribution in [0.4, 0.5) is 0 Å². The first-order chi connectivity index (χ1) is 7.00. The lowest BCUT2D eigenvalue weighted by Crippen LogP contribution is -2.39. The van der Waals surface area contributed by atoms with E-state index in [0.717, 1.165) is 5.92 Å². The first-order valence-electron chi connectivity index (χ1n) is 5.89. The second kappa shape index (κ2) is 5.50. The summed E-state index contributed by atoms with van der Waals surface area (Å²) in [6.45, 7) is 2.28. The Kier molecular flexibility index (Phi) is 4.58. The van der Waals surface area contributed by atoms with Crippen molar-refractivity contribution in [1.29, 1.82) is 0 Å². The summed E-state index contributed by atoms with van der Waals surface area (Å²) in [6.07, 6.45) is 5.24. The van der Waals surface area contributed by atoms with E-state index in [1.807, 2.05) is 14.1 Å². The van der Waals surface area contributed by atoms with Crippen LogP contribution >= 0.6 is 0 Å². The van der Waals surface area contributed by atoms with E-state index in [1.54, 1.807) is 0 Å². The van der Waals surface area contributed by atoms with Crippen molar-refractivity contribution < 1.29 is 9.90 Å². The molecule has 0 radical (unpaired) electrons. The van der Waals surface area contributed by atoms with Gasteiger partial charge in [0.05, 0.1) is 6.42 Å². The molecule has 0 aromatic carbocycles. The summed E-state index contributed by atoms with van der Waals surface area (Å²) >= 11 is 0. The van der Waals surface area contributed by atoms with Crippen molar-refractivity contribution >= 4 is 5.97 Å². The molecule has 1 aliphatic carbocycles. The zero-order valence-corrected chi connectivity index (χ0v) is 10.1. The Morgan fingerprint density at radius 2 is 2.13 bits per heavy atom. The second-order valence-electron chi connectivity index (χ2n) is 5.16. The fourth-order valence-electron chi connectivity index (χ4n) is 2.78. The van der Waals surface area contributed by atoms with E-state index in [2.05, 4.69) is 11.8 Å². The maximum Gasteiger partial charge on any atom is 0.304 e. The summed E-state index contributed by atoms with van der Waals surface area (Å²) in [5, 5.41) is 8.90. The van der Waals surface area contributed by atoms with Crippen LogP contribution in [-0.4, -0.2) is 36.1 Å². The molecule has 0 bridgehead atoms. The maximum absolute atomic E-state index is 10.8. The van der Waals surface area contributed by atoms with Crippen LogP contribution in [0.15, 0.2) is 0 Å². The van der Waals surface area contributed by atoms with Gasteiger partial charge in [0.2, 0.25) is 0 Å². The minimum atomic E-state index is -0.674. The standard InChI is InChI=1S/C12H23NO2/c1-9-5-4-6-10(7-9)11(13(2)3)8-12(14)15/h9-11H,4-8H2,1-3H3,(H,14,15). The van der Waals surface area contributed by atoms with E-state index in [0.29, 0.717) is 5.92 Å².